The Kier molecular flexibility index (Phi) is 7.02. The van der Waals surface area contributed by atoms with Gasteiger partial charge in [-0.2, -0.15) is 0 Å². The number of hydrogen-bond donors (Lipinski definition) is 1. The van der Waals surface area contributed by atoms with E-state index in [-0.39, 0.29) is 28.3 Å². The molecule has 0 unspecified atom stereocenters. The summed E-state index contributed by atoms with van der Waals surface area (Å²) in [5.41, 5.74) is 1.39. The molecular formula is C20H21FN4O2S. The third kappa shape index (κ3) is 5.56. The number of nitrogens with one attached hydrogen (secondary N) is 1. The van der Waals surface area contributed by atoms with Crippen LogP contribution in [0.25, 0.3) is 11.5 Å². The number of nitrogens with zero attached hydrogens (tertiary/aromatic N) is 3. The van der Waals surface area contributed by atoms with Gasteiger partial charge in [0.1, 0.15) is 5.82 Å². The van der Waals surface area contributed by atoms with Crippen LogP contribution in [-0.2, 0) is 4.79 Å². The number of para-hydroxylation sites is 1. The first-order chi connectivity index (χ1) is 13.6. The topological polar surface area (TPSA) is 71.3 Å². The molecule has 0 aliphatic rings. The maximum Gasteiger partial charge on any atom is 0.277 e. The first-order valence-corrected chi connectivity index (χ1v) is 9.86. The fourth-order valence-electron chi connectivity index (χ4n) is 2.55. The Morgan fingerprint density at radius 2 is 1.89 bits per heavy atom. The lowest BCUT2D eigenvalue weighted by molar-refractivity contribution is -0.118. The third-order valence-corrected chi connectivity index (χ3v) is 4.85. The average Bonchev–Trinajstić information content (AvgIpc) is 3.19. The van der Waals surface area contributed by atoms with E-state index in [9.17, 15) is 9.18 Å². The van der Waals surface area contributed by atoms with E-state index in [1.807, 2.05) is 25.2 Å². The van der Waals surface area contributed by atoms with Gasteiger partial charge in [0, 0.05) is 25.8 Å². The minimum Gasteiger partial charge on any atom is -0.411 e. The van der Waals surface area contributed by atoms with E-state index < -0.39 is 5.82 Å². The van der Waals surface area contributed by atoms with Crippen molar-refractivity contribution in [2.45, 2.75) is 11.6 Å². The van der Waals surface area contributed by atoms with Crippen molar-refractivity contribution in [1.29, 1.82) is 0 Å². The molecule has 1 heterocycles. The zero-order valence-electron chi connectivity index (χ0n) is 15.5. The summed E-state index contributed by atoms with van der Waals surface area (Å²) in [6, 6.07) is 16.3. The summed E-state index contributed by atoms with van der Waals surface area (Å²) >= 11 is 1.13. The van der Waals surface area contributed by atoms with E-state index in [2.05, 4.69) is 32.5 Å². The Balaban J connectivity index is 1.37. The molecule has 1 N–H and O–H groups in total. The number of carbonyl (C=O) groups excluding carboxylic acids is 1. The minimum absolute atomic E-state index is 0.102. The molecule has 28 heavy (non-hydrogen) atoms. The second kappa shape index (κ2) is 9.89. The number of rotatable bonds is 9. The van der Waals surface area contributed by atoms with Crippen molar-refractivity contribution in [3.8, 4) is 11.5 Å². The molecule has 0 saturated carbocycles. The van der Waals surface area contributed by atoms with Crippen molar-refractivity contribution in [3.05, 3.63) is 60.4 Å². The molecule has 0 radical (unpaired) electrons. The second-order valence-corrected chi connectivity index (χ2v) is 7.03. The molecule has 0 atom stereocenters. The standard InChI is InChI=1S/C20H21FN4O2S/c1-25(15-8-3-2-4-9-15)13-7-12-22-18(26)14-28-20-24-23-19(27-20)16-10-5-6-11-17(16)21/h2-6,8-11H,7,12-14H2,1H3,(H,22,26). The van der Waals surface area contributed by atoms with E-state index >= 15 is 0 Å². The van der Waals surface area contributed by atoms with Crippen LogP contribution in [0.2, 0.25) is 0 Å². The van der Waals surface area contributed by atoms with Crippen LogP contribution in [0.5, 0.6) is 0 Å². The predicted molar refractivity (Wildman–Crippen MR) is 108 cm³/mol. The number of amides is 1. The molecule has 0 spiro atoms. The van der Waals surface area contributed by atoms with Gasteiger partial charge in [-0.25, -0.2) is 4.39 Å². The van der Waals surface area contributed by atoms with Gasteiger partial charge in [-0.15, -0.1) is 10.2 Å². The van der Waals surface area contributed by atoms with Crippen molar-refractivity contribution in [2.24, 2.45) is 0 Å². The van der Waals surface area contributed by atoms with Gasteiger partial charge in [-0.3, -0.25) is 4.79 Å². The van der Waals surface area contributed by atoms with Gasteiger partial charge in [0.25, 0.3) is 11.1 Å². The van der Waals surface area contributed by atoms with Crippen LogP contribution < -0.4 is 10.2 Å². The zero-order chi connectivity index (χ0) is 19.8. The Bertz CT molecular complexity index is 904. The van der Waals surface area contributed by atoms with Gasteiger partial charge in [-0.1, -0.05) is 42.1 Å². The highest BCUT2D eigenvalue weighted by molar-refractivity contribution is 7.99. The summed E-state index contributed by atoms with van der Waals surface area (Å²) in [6.45, 7) is 1.42. The Morgan fingerprint density at radius 1 is 1.14 bits per heavy atom. The predicted octanol–water partition coefficient (Wildman–Crippen LogP) is 3.61. The van der Waals surface area contributed by atoms with Gasteiger partial charge in [0.05, 0.1) is 11.3 Å². The molecule has 146 valence electrons. The third-order valence-electron chi connectivity index (χ3n) is 4.03. The molecule has 1 aromatic heterocycles. The summed E-state index contributed by atoms with van der Waals surface area (Å²) in [5, 5.41) is 10.8. The number of benzene rings is 2. The minimum atomic E-state index is -0.430. The van der Waals surface area contributed by atoms with Crippen LogP contribution in [0.3, 0.4) is 0 Å². The van der Waals surface area contributed by atoms with Crippen molar-refractivity contribution in [1.82, 2.24) is 15.5 Å². The van der Waals surface area contributed by atoms with Crippen molar-refractivity contribution in [2.75, 3.05) is 30.8 Å². The van der Waals surface area contributed by atoms with E-state index in [1.54, 1.807) is 18.2 Å². The number of anilines is 1. The summed E-state index contributed by atoms with van der Waals surface area (Å²) in [4.78, 5) is 14.1. The van der Waals surface area contributed by atoms with E-state index in [4.69, 9.17) is 4.42 Å². The fourth-order valence-corrected chi connectivity index (χ4v) is 3.14. The summed E-state index contributed by atoms with van der Waals surface area (Å²) in [5.74, 6) is -0.281. The van der Waals surface area contributed by atoms with Crippen LogP contribution in [0.15, 0.2) is 64.2 Å². The van der Waals surface area contributed by atoms with Crippen LogP contribution in [-0.4, -0.2) is 42.0 Å². The van der Waals surface area contributed by atoms with Crippen LogP contribution in [0.4, 0.5) is 10.1 Å². The molecule has 3 aromatic rings. The van der Waals surface area contributed by atoms with Gasteiger partial charge in [0.15, 0.2) is 0 Å². The second-order valence-electron chi connectivity index (χ2n) is 6.10. The van der Waals surface area contributed by atoms with Crippen LogP contribution in [0.1, 0.15) is 6.42 Å². The highest BCUT2D eigenvalue weighted by atomic mass is 32.2. The first-order valence-electron chi connectivity index (χ1n) is 8.87. The molecule has 0 saturated heterocycles. The van der Waals surface area contributed by atoms with Crippen LogP contribution >= 0.6 is 11.8 Å². The van der Waals surface area contributed by atoms with Gasteiger partial charge in [-0.05, 0) is 30.7 Å². The quantitative estimate of drug-likeness (QED) is 0.437. The lowest BCUT2D eigenvalue weighted by atomic mass is 10.2. The number of hydrogen-bond acceptors (Lipinski definition) is 6. The summed E-state index contributed by atoms with van der Waals surface area (Å²) in [7, 11) is 2.02. The number of thioether (sulfide) groups is 1. The summed E-state index contributed by atoms with van der Waals surface area (Å²) in [6.07, 6.45) is 0.833. The molecular weight excluding hydrogens is 379 g/mol. The van der Waals surface area contributed by atoms with Gasteiger partial charge in [0.2, 0.25) is 5.91 Å². The molecule has 0 aliphatic carbocycles. The van der Waals surface area contributed by atoms with Crippen molar-refractivity contribution in [3.63, 3.8) is 0 Å². The molecule has 2 aromatic carbocycles. The SMILES string of the molecule is CN(CCCNC(=O)CSc1nnc(-c2ccccc2F)o1)c1ccccc1. The van der Waals surface area contributed by atoms with Crippen LogP contribution in [0, 0.1) is 5.82 Å². The van der Waals surface area contributed by atoms with E-state index in [1.165, 1.54) is 6.07 Å². The molecule has 0 aliphatic heterocycles. The molecule has 0 bridgehead atoms. The van der Waals surface area contributed by atoms with Crippen molar-refractivity contribution >= 4 is 23.4 Å². The number of aromatic nitrogens is 2. The highest BCUT2D eigenvalue weighted by Gasteiger charge is 2.13. The summed E-state index contributed by atoms with van der Waals surface area (Å²) < 4.78 is 19.2. The number of carbonyl (C=O) groups is 1. The smallest absolute Gasteiger partial charge is 0.277 e. The van der Waals surface area contributed by atoms with E-state index in [0.717, 1.165) is 30.4 Å². The number of halogens is 1. The van der Waals surface area contributed by atoms with E-state index in [0.29, 0.717) is 6.54 Å². The first kappa shape index (κ1) is 19.9. The monoisotopic (exact) mass is 400 g/mol. The zero-order valence-corrected chi connectivity index (χ0v) is 16.3. The fraction of sp³-hybridized carbons (Fsp3) is 0.250. The maximum absolute atomic E-state index is 13.7. The normalized spacial score (nSPS) is 10.6. The largest absolute Gasteiger partial charge is 0.411 e. The Morgan fingerprint density at radius 3 is 2.68 bits per heavy atom. The lowest BCUT2D eigenvalue weighted by Crippen LogP contribution is -2.29. The molecule has 6 nitrogen and oxygen atoms in total. The Labute approximate surface area is 167 Å². The van der Waals surface area contributed by atoms with Crippen molar-refractivity contribution < 1.29 is 13.6 Å². The maximum atomic E-state index is 13.7. The van der Waals surface area contributed by atoms with Gasteiger partial charge < -0.3 is 14.6 Å². The molecule has 1 amide bonds. The highest BCUT2D eigenvalue weighted by Crippen LogP contribution is 2.24. The molecule has 0 fully saturated rings. The molecule has 8 heteroatoms. The lowest BCUT2D eigenvalue weighted by Gasteiger charge is -2.19. The Hall–Kier alpha value is -2.87. The van der Waals surface area contributed by atoms with Gasteiger partial charge >= 0.3 is 0 Å². The average molecular weight is 400 g/mol. The molecule has 3 rings (SSSR count).